The molecule has 0 radical (unpaired) electrons. The van der Waals surface area contributed by atoms with Gasteiger partial charge in [-0.05, 0) is 17.7 Å². The van der Waals surface area contributed by atoms with E-state index in [4.69, 9.17) is 21.6 Å². The molecular weight excluding hydrogens is 226 g/mol. The number of amides is 1. The second kappa shape index (κ2) is 6.02. The van der Waals surface area contributed by atoms with Crippen molar-refractivity contribution in [1.82, 2.24) is 0 Å². The van der Waals surface area contributed by atoms with E-state index in [1.165, 1.54) is 11.8 Å². The Morgan fingerprint density at radius 1 is 1.44 bits per heavy atom. The molecule has 1 amide bonds. The summed E-state index contributed by atoms with van der Waals surface area (Å²) in [7, 11) is 0. The van der Waals surface area contributed by atoms with Crippen molar-refractivity contribution in [3.05, 3.63) is 29.8 Å². The number of amidine groups is 1. The number of hydrogen-bond donors (Lipinski definition) is 3. The Hall–Kier alpha value is -1.69. The van der Waals surface area contributed by atoms with Gasteiger partial charge in [-0.15, -0.1) is 0 Å². The van der Waals surface area contributed by atoms with E-state index in [1.807, 2.05) is 12.1 Å². The Balaban J connectivity index is 2.56. The SMILES string of the molecule is N=C(N)SCc1cccc(OCC(N)=O)c1. The number of thioether (sulfide) groups is 1. The van der Waals surface area contributed by atoms with E-state index < -0.39 is 5.91 Å². The molecule has 0 aliphatic carbocycles. The van der Waals surface area contributed by atoms with E-state index in [0.29, 0.717) is 11.5 Å². The van der Waals surface area contributed by atoms with Crippen LogP contribution in [0.4, 0.5) is 0 Å². The average Bonchev–Trinajstić information content (AvgIpc) is 2.24. The van der Waals surface area contributed by atoms with Gasteiger partial charge in [-0.25, -0.2) is 0 Å². The highest BCUT2D eigenvalue weighted by molar-refractivity contribution is 8.13. The number of hydrogen-bond acceptors (Lipinski definition) is 4. The van der Waals surface area contributed by atoms with Gasteiger partial charge >= 0.3 is 0 Å². The molecule has 1 aromatic rings. The first kappa shape index (κ1) is 12.4. The molecule has 0 unspecified atom stereocenters. The molecule has 0 saturated carbocycles. The molecule has 0 bridgehead atoms. The van der Waals surface area contributed by atoms with Gasteiger partial charge in [0.05, 0.1) is 0 Å². The fraction of sp³-hybridized carbons (Fsp3) is 0.200. The Morgan fingerprint density at radius 2 is 2.19 bits per heavy atom. The summed E-state index contributed by atoms with van der Waals surface area (Å²) in [5.74, 6) is 0.673. The molecule has 0 aliphatic heterocycles. The summed E-state index contributed by atoms with van der Waals surface area (Å²) in [5.41, 5.74) is 11.2. The third-order valence-corrected chi connectivity index (χ3v) is 2.46. The van der Waals surface area contributed by atoms with Crippen LogP contribution in [0.25, 0.3) is 0 Å². The van der Waals surface area contributed by atoms with Gasteiger partial charge in [-0.1, -0.05) is 23.9 Å². The number of rotatable bonds is 5. The monoisotopic (exact) mass is 239 g/mol. The van der Waals surface area contributed by atoms with Crippen molar-refractivity contribution >= 4 is 22.8 Å². The molecule has 1 aromatic carbocycles. The van der Waals surface area contributed by atoms with Crippen LogP contribution in [0.5, 0.6) is 5.75 Å². The summed E-state index contributed by atoms with van der Waals surface area (Å²) < 4.78 is 5.15. The second-order valence-electron chi connectivity index (χ2n) is 3.06. The standard InChI is InChI=1S/C10H13N3O2S/c11-9(14)5-15-8-3-1-2-7(4-8)6-16-10(12)13/h1-4H,5-6H2,(H2,11,14)(H3,12,13). The summed E-state index contributed by atoms with van der Waals surface area (Å²) in [6, 6.07) is 7.24. The summed E-state index contributed by atoms with van der Waals surface area (Å²) >= 11 is 1.23. The van der Waals surface area contributed by atoms with E-state index >= 15 is 0 Å². The number of nitrogens with two attached hydrogens (primary N) is 2. The molecule has 0 aliphatic rings. The van der Waals surface area contributed by atoms with E-state index in [-0.39, 0.29) is 11.8 Å². The van der Waals surface area contributed by atoms with E-state index in [1.54, 1.807) is 12.1 Å². The maximum absolute atomic E-state index is 10.5. The normalized spacial score (nSPS) is 9.75. The van der Waals surface area contributed by atoms with Crippen molar-refractivity contribution in [1.29, 1.82) is 5.41 Å². The predicted octanol–water partition coefficient (Wildman–Crippen LogP) is 0.677. The lowest BCUT2D eigenvalue weighted by atomic mass is 10.2. The lowest BCUT2D eigenvalue weighted by Gasteiger charge is -2.05. The summed E-state index contributed by atoms with van der Waals surface area (Å²) in [6.07, 6.45) is 0. The Bertz CT molecular complexity index is 362. The van der Waals surface area contributed by atoms with E-state index in [2.05, 4.69) is 0 Å². The quantitative estimate of drug-likeness (QED) is 0.519. The van der Waals surface area contributed by atoms with Crippen LogP contribution in [0.2, 0.25) is 0 Å². The van der Waals surface area contributed by atoms with Crippen LogP contribution >= 0.6 is 11.8 Å². The molecular formula is C10H13N3O2S. The number of ether oxygens (including phenoxy) is 1. The molecule has 5 nitrogen and oxygen atoms in total. The van der Waals surface area contributed by atoms with Crippen molar-refractivity contribution in [2.45, 2.75) is 5.75 Å². The predicted molar refractivity (Wildman–Crippen MR) is 64.3 cm³/mol. The van der Waals surface area contributed by atoms with Gasteiger partial charge in [-0.2, -0.15) is 0 Å². The van der Waals surface area contributed by atoms with Crippen LogP contribution in [0.15, 0.2) is 24.3 Å². The van der Waals surface area contributed by atoms with Crippen LogP contribution in [0.3, 0.4) is 0 Å². The number of benzene rings is 1. The maximum Gasteiger partial charge on any atom is 0.255 e. The highest BCUT2D eigenvalue weighted by Gasteiger charge is 2.00. The Labute approximate surface area is 97.7 Å². The number of carbonyl (C=O) groups excluding carboxylic acids is 1. The number of primary amides is 1. The third-order valence-electron chi connectivity index (χ3n) is 1.67. The first-order chi connectivity index (χ1) is 7.58. The zero-order valence-electron chi connectivity index (χ0n) is 8.60. The molecule has 6 heteroatoms. The van der Waals surface area contributed by atoms with Gasteiger partial charge in [0.2, 0.25) is 0 Å². The van der Waals surface area contributed by atoms with Crippen molar-refractivity contribution in [2.75, 3.05) is 6.61 Å². The summed E-state index contributed by atoms with van der Waals surface area (Å²) in [6.45, 7) is -0.136. The van der Waals surface area contributed by atoms with Crippen LogP contribution in [0, 0.1) is 5.41 Å². The van der Waals surface area contributed by atoms with Gasteiger partial charge in [-0.3, -0.25) is 10.2 Å². The minimum atomic E-state index is -0.511. The minimum Gasteiger partial charge on any atom is -0.484 e. The molecule has 5 N–H and O–H groups in total. The molecule has 0 spiro atoms. The van der Waals surface area contributed by atoms with Crippen LogP contribution < -0.4 is 16.2 Å². The van der Waals surface area contributed by atoms with E-state index in [9.17, 15) is 4.79 Å². The Morgan fingerprint density at radius 3 is 2.81 bits per heavy atom. The first-order valence-electron chi connectivity index (χ1n) is 4.55. The third kappa shape index (κ3) is 4.70. The lowest BCUT2D eigenvalue weighted by Crippen LogP contribution is -2.20. The largest absolute Gasteiger partial charge is 0.484 e. The van der Waals surface area contributed by atoms with Gasteiger partial charge < -0.3 is 16.2 Å². The molecule has 1 rings (SSSR count). The van der Waals surface area contributed by atoms with Crippen molar-refractivity contribution in [3.8, 4) is 5.75 Å². The average molecular weight is 239 g/mol. The van der Waals surface area contributed by atoms with Gasteiger partial charge in [0, 0.05) is 5.75 Å². The van der Waals surface area contributed by atoms with Crippen LogP contribution in [-0.4, -0.2) is 17.7 Å². The van der Waals surface area contributed by atoms with E-state index in [0.717, 1.165) is 5.56 Å². The molecule has 0 heterocycles. The van der Waals surface area contributed by atoms with Crippen molar-refractivity contribution in [3.63, 3.8) is 0 Å². The summed E-state index contributed by atoms with van der Waals surface area (Å²) in [4.78, 5) is 10.5. The highest BCUT2D eigenvalue weighted by atomic mass is 32.2. The van der Waals surface area contributed by atoms with Gasteiger partial charge in [0.1, 0.15) is 5.75 Å². The first-order valence-corrected chi connectivity index (χ1v) is 5.53. The number of nitrogens with one attached hydrogen (secondary N) is 1. The van der Waals surface area contributed by atoms with Crippen LogP contribution in [-0.2, 0) is 10.5 Å². The maximum atomic E-state index is 10.5. The molecule has 0 aromatic heterocycles. The van der Waals surface area contributed by atoms with Crippen molar-refractivity contribution in [2.24, 2.45) is 11.5 Å². The zero-order chi connectivity index (χ0) is 12.0. The minimum absolute atomic E-state index is 0.0726. The van der Waals surface area contributed by atoms with Gasteiger partial charge in [0.25, 0.3) is 5.91 Å². The topological polar surface area (TPSA) is 102 Å². The molecule has 0 saturated heterocycles. The lowest BCUT2D eigenvalue weighted by molar-refractivity contribution is -0.119. The number of carbonyl (C=O) groups is 1. The highest BCUT2D eigenvalue weighted by Crippen LogP contribution is 2.17. The molecule has 86 valence electrons. The summed E-state index contributed by atoms with van der Waals surface area (Å²) in [5, 5.41) is 7.16. The fourth-order valence-corrected chi connectivity index (χ4v) is 1.54. The zero-order valence-corrected chi connectivity index (χ0v) is 9.42. The van der Waals surface area contributed by atoms with Crippen LogP contribution in [0.1, 0.15) is 5.56 Å². The van der Waals surface area contributed by atoms with Crippen molar-refractivity contribution < 1.29 is 9.53 Å². The second-order valence-corrected chi connectivity index (χ2v) is 4.07. The smallest absolute Gasteiger partial charge is 0.255 e. The van der Waals surface area contributed by atoms with Gasteiger partial charge in [0.15, 0.2) is 11.8 Å². The fourth-order valence-electron chi connectivity index (χ4n) is 1.04. The molecule has 16 heavy (non-hydrogen) atoms. The molecule has 0 fully saturated rings. The molecule has 0 atom stereocenters. The Kier molecular flexibility index (Phi) is 4.65.